The van der Waals surface area contributed by atoms with Gasteiger partial charge in [0.25, 0.3) is 0 Å². The van der Waals surface area contributed by atoms with E-state index in [9.17, 15) is 9.59 Å². The first-order chi connectivity index (χ1) is 12.6. The summed E-state index contributed by atoms with van der Waals surface area (Å²) in [5.74, 6) is 12.3. The van der Waals surface area contributed by atoms with Crippen molar-refractivity contribution in [2.24, 2.45) is 5.73 Å². The zero-order valence-corrected chi connectivity index (χ0v) is 16.7. The first-order valence-electron chi connectivity index (χ1n) is 10.4. The number of primary amides is 1. The largest absolute Gasteiger partial charge is 0.370 e. The fourth-order valence-electron chi connectivity index (χ4n) is 2.73. The highest BCUT2D eigenvalue weighted by molar-refractivity contribution is 5.75. The maximum absolute atomic E-state index is 10.8. The number of hydrogen-bond donors (Lipinski definition) is 1. The van der Waals surface area contributed by atoms with Crippen LogP contribution in [0.15, 0.2) is 0 Å². The van der Waals surface area contributed by atoms with E-state index in [0.29, 0.717) is 12.2 Å². The average Bonchev–Trinajstić information content (AvgIpc) is 2.59. The van der Waals surface area contributed by atoms with Gasteiger partial charge in [0.15, 0.2) is 0 Å². The zero-order chi connectivity index (χ0) is 19.3. The number of unbranched alkanes of at least 4 members (excludes halogenated alkanes) is 12. The molecule has 146 valence electrons. The molecule has 0 atom stereocenters. The number of hydrogen-bond acceptors (Lipinski definition) is 2. The van der Waals surface area contributed by atoms with Gasteiger partial charge in [0, 0.05) is 25.7 Å². The molecule has 0 fully saturated rings. The summed E-state index contributed by atoms with van der Waals surface area (Å²) in [7, 11) is 0. The van der Waals surface area contributed by atoms with Crippen molar-refractivity contribution in [3.05, 3.63) is 0 Å². The standard InChI is InChI=1S/C23H37NO2/c1-22(25)20-18-16-14-12-10-8-6-4-2-3-5-7-9-11-13-15-17-19-21-23(24)26/h6-21H2,1H3,(H2,24,26). The van der Waals surface area contributed by atoms with E-state index in [4.69, 9.17) is 5.73 Å². The van der Waals surface area contributed by atoms with E-state index in [1.165, 1.54) is 44.9 Å². The van der Waals surface area contributed by atoms with Crippen LogP contribution in [0, 0.1) is 23.7 Å². The SMILES string of the molecule is CC(=O)CCCCCCCCC#CC#CCCCCCCCCC(N)=O. The third-order valence-electron chi connectivity index (χ3n) is 4.29. The predicted octanol–water partition coefficient (Wildman–Crippen LogP) is 5.31. The quantitative estimate of drug-likeness (QED) is 0.300. The van der Waals surface area contributed by atoms with Gasteiger partial charge in [-0.2, -0.15) is 0 Å². The van der Waals surface area contributed by atoms with Gasteiger partial charge in [-0.15, -0.1) is 0 Å². The van der Waals surface area contributed by atoms with Gasteiger partial charge < -0.3 is 10.5 Å². The maximum atomic E-state index is 10.8. The van der Waals surface area contributed by atoms with Crippen molar-refractivity contribution in [3.8, 4) is 23.7 Å². The molecule has 0 aromatic heterocycles. The van der Waals surface area contributed by atoms with Crippen LogP contribution in [-0.4, -0.2) is 11.7 Å². The summed E-state index contributed by atoms with van der Waals surface area (Å²) >= 11 is 0. The van der Waals surface area contributed by atoms with E-state index < -0.39 is 0 Å². The minimum atomic E-state index is -0.192. The average molecular weight is 360 g/mol. The Hall–Kier alpha value is -1.74. The van der Waals surface area contributed by atoms with Crippen LogP contribution >= 0.6 is 0 Å². The van der Waals surface area contributed by atoms with Gasteiger partial charge in [0.1, 0.15) is 5.78 Å². The number of nitrogens with two attached hydrogens (primary N) is 1. The van der Waals surface area contributed by atoms with E-state index >= 15 is 0 Å². The summed E-state index contributed by atoms with van der Waals surface area (Å²) in [5.41, 5.74) is 5.10. The molecule has 26 heavy (non-hydrogen) atoms. The van der Waals surface area contributed by atoms with Crippen molar-refractivity contribution in [1.82, 2.24) is 0 Å². The van der Waals surface area contributed by atoms with Gasteiger partial charge in [-0.1, -0.05) is 63.2 Å². The van der Waals surface area contributed by atoms with Crippen molar-refractivity contribution >= 4 is 11.7 Å². The van der Waals surface area contributed by atoms with Crippen LogP contribution in [0.2, 0.25) is 0 Å². The summed E-state index contributed by atoms with van der Waals surface area (Å²) < 4.78 is 0. The molecule has 2 N–H and O–H groups in total. The van der Waals surface area contributed by atoms with Gasteiger partial charge in [0.2, 0.25) is 5.91 Å². The molecule has 0 saturated heterocycles. The Morgan fingerprint density at radius 3 is 1.42 bits per heavy atom. The lowest BCUT2D eigenvalue weighted by atomic mass is 10.1. The van der Waals surface area contributed by atoms with Gasteiger partial charge in [-0.3, -0.25) is 4.79 Å². The summed E-state index contributed by atoms with van der Waals surface area (Å²) in [5, 5.41) is 0. The number of carbonyl (C=O) groups is 2. The smallest absolute Gasteiger partial charge is 0.217 e. The van der Waals surface area contributed by atoms with E-state index in [-0.39, 0.29) is 5.91 Å². The highest BCUT2D eigenvalue weighted by Crippen LogP contribution is 2.09. The maximum Gasteiger partial charge on any atom is 0.217 e. The fourth-order valence-corrected chi connectivity index (χ4v) is 2.73. The Kier molecular flexibility index (Phi) is 18.3. The molecule has 3 nitrogen and oxygen atoms in total. The lowest BCUT2D eigenvalue weighted by molar-refractivity contribution is -0.118. The Morgan fingerprint density at radius 2 is 1.00 bits per heavy atom. The summed E-state index contributed by atoms with van der Waals surface area (Å²) in [6, 6.07) is 0. The van der Waals surface area contributed by atoms with Crippen LogP contribution in [0.5, 0.6) is 0 Å². The van der Waals surface area contributed by atoms with Gasteiger partial charge in [-0.05, 0) is 44.4 Å². The molecule has 0 spiro atoms. The van der Waals surface area contributed by atoms with Gasteiger partial charge in [0.05, 0.1) is 0 Å². The monoisotopic (exact) mass is 359 g/mol. The molecule has 0 radical (unpaired) electrons. The second-order valence-corrected chi connectivity index (χ2v) is 7.01. The van der Waals surface area contributed by atoms with Crippen molar-refractivity contribution < 1.29 is 9.59 Å². The van der Waals surface area contributed by atoms with Crippen molar-refractivity contribution in [3.63, 3.8) is 0 Å². The Labute approximate surface area is 160 Å². The predicted molar refractivity (Wildman–Crippen MR) is 109 cm³/mol. The van der Waals surface area contributed by atoms with Crippen LogP contribution in [0.4, 0.5) is 0 Å². The van der Waals surface area contributed by atoms with Gasteiger partial charge in [-0.25, -0.2) is 0 Å². The van der Waals surface area contributed by atoms with E-state index in [0.717, 1.165) is 51.4 Å². The van der Waals surface area contributed by atoms with Crippen LogP contribution in [0.1, 0.15) is 110 Å². The number of amides is 1. The molecular weight excluding hydrogens is 322 g/mol. The Morgan fingerprint density at radius 1 is 0.615 bits per heavy atom. The molecule has 0 bridgehead atoms. The first kappa shape index (κ1) is 24.3. The zero-order valence-electron chi connectivity index (χ0n) is 16.7. The van der Waals surface area contributed by atoms with Gasteiger partial charge >= 0.3 is 0 Å². The number of carbonyl (C=O) groups excluding carboxylic acids is 2. The van der Waals surface area contributed by atoms with Crippen LogP contribution in [-0.2, 0) is 9.59 Å². The molecule has 0 saturated carbocycles. The Bertz CT molecular complexity index is 442. The molecule has 3 heteroatoms. The molecule has 0 aliphatic carbocycles. The molecule has 0 unspecified atom stereocenters. The lowest BCUT2D eigenvalue weighted by Gasteiger charge is -1.98. The van der Waals surface area contributed by atoms with E-state index in [1.807, 2.05) is 0 Å². The molecule has 0 aliphatic rings. The molecule has 0 heterocycles. The number of ketones is 1. The Balaban J connectivity index is 3.29. The molecule has 0 aromatic rings. The minimum Gasteiger partial charge on any atom is -0.370 e. The minimum absolute atomic E-state index is 0.192. The van der Waals surface area contributed by atoms with Crippen molar-refractivity contribution in [1.29, 1.82) is 0 Å². The normalized spacial score (nSPS) is 9.73. The highest BCUT2D eigenvalue weighted by atomic mass is 16.1. The fraction of sp³-hybridized carbons (Fsp3) is 0.739. The van der Waals surface area contributed by atoms with Crippen LogP contribution in [0.3, 0.4) is 0 Å². The molecular formula is C23H37NO2. The first-order valence-corrected chi connectivity index (χ1v) is 10.4. The van der Waals surface area contributed by atoms with Crippen molar-refractivity contribution in [2.75, 3.05) is 0 Å². The van der Waals surface area contributed by atoms with Crippen LogP contribution in [0.25, 0.3) is 0 Å². The van der Waals surface area contributed by atoms with Crippen LogP contribution < -0.4 is 5.73 Å². The molecule has 1 amide bonds. The molecule has 0 rings (SSSR count). The summed E-state index contributed by atoms with van der Waals surface area (Å²) in [6.07, 6.45) is 16.9. The van der Waals surface area contributed by atoms with E-state index in [2.05, 4.69) is 23.7 Å². The lowest BCUT2D eigenvalue weighted by Crippen LogP contribution is -2.09. The topological polar surface area (TPSA) is 60.2 Å². The van der Waals surface area contributed by atoms with E-state index in [1.54, 1.807) is 6.92 Å². The van der Waals surface area contributed by atoms with Crippen molar-refractivity contribution in [2.45, 2.75) is 110 Å². The second-order valence-electron chi connectivity index (χ2n) is 7.01. The third kappa shape index (κ3) is 22.3. The number of Topliss-reactive ketones (excluding diaryl/α,β-unsaturated/α-hetero) is 1. The highest BCUT2D eigenvalue weighted by Gasteiger charge is 1.95. The second kappa shape index (κ2) is 19.6. The third-order valence-corrected chi connectivity index (χ3v) is 4.29. The molecule has 0 aromatic carbocycles. The summed E-state index contributed by atoms with van der Waals surface area (Å²) in [6.45, 7) is 1.67. The summed E-state index contributed by atoms with van der Waals surface area (Å²) in [4.78, 5) is 21.4. The number of rotatable bonds is 16. The molecule has 0 aliphatic heterocycles.